The van der Waals surface area contributed by atoms with Gasteiger partial charge in [-0.25, -0.2) is 9.37 Å². The van der Waals surface area contributed by atoms with E-state index in [0.717, 1.165) is 0 Å². The van der Waals surface area contributed by atoms with Crippen molar-refractivity contribution in [2.75, 3.05) is 0 Å². The molecule has 1 aromatic heterocycles. The minimum atomic E-state index is -0.584. The summed E-state index contributed by atoms with van der Waals surface area (Å²) in [4.78, 5) is 14.2. The largest absolute Gasteiger partial charge is 0.296 e. The third-order valence-corrected chi connectivity index (χ3v) is 2.59. The van der Waals surface area contributed by atoms with Crippen molar-refractivity contribution in [3.8, 4) is 11.3 Å². The van der Waals surface area contributed by atoms with Crippen LogP contribution in [0.4, 0.5) is 10.1 Å². The molecule has 0 unspecified atom stereocenters. The van der Waals surface area contributed by atoms with Crippen LogP contribution in [0.5, 0.6) is 0 Å². The lowest BCUT2D eigenvalue weighted by molar-refractivity contribution is -0.384. The second kappa shape index (κ2) is 4.58. The van der Waals surface area contributed by atoms with Crippen molar-refractivity contribution < 1.29 is 9.31 Å². The number of rotatable bonds is 2. The van der Waals surface area contributed by atoms with Gasteiger partial charge in [-0.15, -0.1) is 0 Å². The average molecular weight is 297 g/mol. The summed E-state index contributed by atoms with van der Waals surface area (Å²) in [5.41, 5.74) is -0.0903. The smallest absolute Gasteiger partial charge is 0.258 e. The minimum Gasteiger partial charge on any atom is -0.258 e. The van der Waals surface area contributed by atoms with Gasteiger partial charge < -0.3 is 0 Å². The molecular weight excluding hydrogens is 291 g/mol. The van der Waals surface area contributed by atoms with Crippen LogP contribution in [0.1, 0.15) is 0 Å². The maximum atomic E-state index is 13.5. The Kier molecular flexibility index (Phi) is 3.14. The van der Waals surface area contributed by atoms with Gasteiger partial charge in [0.25, 0.3) is 5.69 Å². The van der Waals surface area contributed by atoms with Crippen LogP contribution in [-0.2, 0) is 0 Å². The maximum absolute atomic E-state index is 13.5. The molecule has 1 heterocycles. The first-order valence-electron chi connectivity index (χ1n) is 4.64. The van der Waals surface area contributed by atoms with E-state index in [1.807, 2.05) is 0 Å². The Morgan fingerprint density at radius 3 is 2.71 bits per heavy atom. The van der Waals surface area contributed by atoms with Crippen molar-refractivity contribution >= 4 is 21.6 Å². The Morgan fingerprint density at radius 1 is 1.35 bits per heavy atom. The Labute approximate surface area is 104 Å². The summed E-state index contributed by atoms with van der Waals surface area (Å²) < 4.78 is 14.0. The van der Waals surface area contributed by atoms with Gasteiger partial charge in [-0.1, -0.05) is 12.1 Å². The molecule has 86 valence electrons. The lowest BCUT2D eigenvalue weighted by Crippen LogP contribution is -1.96. The molecule has 0 amide bonds. The van der Waals surface area contributed by atoms with Crippen LogP contribution in [0.2, 0.25) is 0 Å². The summed E-state index contributed by atoms with van der Waals surface area (Å²) in [6.07, 6.45) is 1.40. The topological polar surface area (TPSA) is 56.0 Å². The van der Waals surface area contributed by atoms with Crippen molar-refractivity contribution in [1.29, 1.82) is 0 Å². The molecule has 0 bridgehead atoms. The Morgan fingerprint density at radius 2 is 2.06 bits per heavy atom. The number of hydrogen-bond donors (Lipinski definition) is 0. The fourth-order valence-corrected chi connectivity index (χ4v) is 1.75. The van der Waals surface area contributed by atoms with Crippen molar-refractivity contribution in [3.63, 3.8) is 0 Å². The van der Waals surface area contributed by atoms with Crippen LogP contribution in [-0.4, -0.2) is 9.91 Å². The van der Waals surface area contributed by atoms with Crippen LogP contribution >= 0.6 is 15.9 Å². The van der Waals surface area contributed by atoms with Gasteiger partial charge in [-0.3, -0.25) is 10.1 Å². The van der Waals surface area contributed by atoms with E-state index in [0.29, 0.717) is 4.47 Å². The summed E-state index contributed by atoms with van der Waals surface area (Å²) in [7, 11) is 0. The number of benzene rings is 1. The molecule has 0 radical (unpaired) electrons. The van der Waals surface area contributed by atoms with Gasteiger partial charge in [0.1, 0.15) is 5.82 Å². The Hall–Kier alpha value is -1.82. The van der Waals surface area contributed by atoms with E-state index in [-0.39, 0.29) is 16.9 Å². The van der Waals surface area contributed by atoms with Gasteiger partial charge in [0.15, 0.2) is 5.69 Å². The van der Waals surface area contributed by atoms with Crippen LogP contribution in [0, 0.1) is 15.9 Å². The number of hydrogen-bond acceptors (Lipinski definition) is 3. The zero-order valence-electron chi connectivity index (χ0n) is 8.43. The van der Waals surface area contributed by atoms with Crippen molar-refractivity contribution in [1.82, 2.24) is 4.98 Å². The highest BCUT2D eigenvalue weighted by molar-refractivity contribution is 9.10. The maximum Gasteiger partial charge on any atom is 0.296 e. The van der Waals surface area contributed by atoms with Gasteiger partial charge in [-0.05, 0) is 28.1 Å². The summed E-state index contributed by atoms with van der Waals surface area (Å²) >= 11 is 3.09. The predicted molar refractivity (Wildman–Crippen MR) is 64.0 cm³/mol. The fourth-order valence-electron chi connectivity index (χ4n) is 1.43. The molecule has 0 N–H and O–H groups in total. The molecule has 0 saturated heterocycles. The van der Waals surface area contributed by atoms with Crippen molar-refractivity contribution in [2.24, 2.45) is 0 Å². The third kappa shape index (κ3) is 2.31. The highest BCUT2D eigenvalue weighted by atomic mass is 79.9. The van der Waals surface area contributed by atoms with Crippen LogP contribution in [0.25, 0.3) is 11.3 Å². The highest BCUT2D eigenvalue weighted by Crippen LogP contribution is 2.31. The highest BCUT2D eigenvalue weighted by Gasteiger charge is 2.19. The molecular formula is C11H6BrFN2O2. The quantitative estimate of drug-likeness (QED) is 0.629. The summed E-state index contributed by atoms with van der Waals surface area (Å²) in [6, 6.07) is 7.12. The van der Waals surface area contributed by atoms with Crippen molar-refractivity contribution in [3.05, 3.63) is 56.9 Å². The van der Waals surface area contributed by atoms with Crippen LogP contribution in [0.3, 0.4) is 0 Å². The van der Waals surface area contributed by atoms with Gasteiger partial charge in [0.2, 0.25) is 0 Å². The molecule has 0 saturated carbocycles. The van der Waals surface area contributed by atoms with Gasteiger partial charge in [0.05, 0.1) is 4.92 Å². The van der Waals surface area contributed by atoms with E-state index in [2.05, 4.69) is 20.9 Å². The van der Waals surface area contributed by atoms with E-state index in [1.54, 1.807) is 6.07 Å². The zero-order valence-corrected chi connectivity index (χ0v) is 10.0. The van der Waals surface area contributed by atoms with E-state index >= 15 is 0 Å². The van der Waals surface area contributed by atoms with Gasteiger partial charge in [0, 0.05) is 22.3 Å². The molecule has 0 spiro atoms. The summed E-state index contributed by atoms with van der Waals surface area (Å²) in [6.45, 7) is 0. The van der Waals surface area contributed by atoms with Gasteiger partial charge in [-0.2, -0.15) is 0 Å². The lowest BCUT2D eigenvalue weighted by Gasteiger charge is -2.03. The number of aromatic nitrogens is 1. The molecule has 17 heavy (non-hydrogen) atoms. The monoisotopic (exact) mass is 296 g/mol. The lowest BCUT2D eigenvalue weighted by atomic mass is 10.1. The van der Waals surface area contributed by atoms with E-state index in [4.69, 9.17) is 0 Å². The molecule has 0 fully saturated rings. The molecule has 0 aliphatic heterocycles. The molecule has 2 aromatic rings. The zero-order chi connectivity index (χ0) is 12.4. The average Bonchev–Trinajstić information content (AvgIpc) is 2.30. The third-order valence-electron chi connectivity index (χ3n) is 2.16. The second-order valence-corrected chi connectivity index (χ2v) is 4.17. The first-order valence-corrected chi connectivity index (χ1v) is 5.43. The van der Waals surface area contributed by atoms with Crippen LogP contribution in [0.15, 0.2) is 41.0 Å². The Balaban J connectivity index is 2.68. The molecule has 0 aliphatic rings. The number of halogens is 2. The van der Waals surface area contributed by atoms with Crippen molar-refractivity contribution in [2.45, 2.75) is 0 Å². The SMILES string of the molecule is O=[N+]([O-])c1cc(Br)cnc1-c1ccccc1F. The number of nitrogens with zero attached hydrogens (tertiary/aromatic N) is 2. The summed E-state index contributed by atoms with van der Waals surface area (Å²) in [5, 5.41) is 10.9. The van der Waals surface area contributed by atoms with Gasteiger partial charge >= 0.3 is 0 Å². The summed E-state index contributed by atoms with van der Waals surface area (Å²) in [5.74, 6) is -0.537. The first kappa shape index (κ1) is 11.7. The molecule has 2 rings (SSSR count). The predicted octanol–water partition coefficient (Wildman–Crippen LogP) is 3.56. The molecule has 1 aromatic carbocycles. The fraction of sp³-hybridized carbons (Fsp3) is 0. The molecule has 6 heteroatoms. The van der Waals surface area contributed by atoms with E-state index in [1.165, 1.54) is 30.5 Å². The Bertz CT molecular complexity index is 589. The molecule has 0 aliphatic carbocycles. The van der Waals surface area contributed by atoms with Crippen LogP contribution < -0.4 is 0 Å². The molecule has 0 atom stereocenters. The minimum absolute atomic E-state index is 0.0244. The normalized spacial score (nSPS) is 10.2. The first-order chi connectivity index (χ1) is 8.09. The number of nitro groups is 1. The number of pyridine rings is 1. The van der Waals surface area contributed by atoms with E-state index in [9.17, 15) is 14.5 Å². The van der Waals surface area contributed by atoms with E-state index < -0.39 is 10.7 Å². The molecule has 4 nitrogen and oxygen atoms in total. The standard InChI is InChI=1S/C11H6BrFN2O2/c12-7-5-10(15(16)17)11(14-6-7)8-3-1-2-4-9(8)13/h1-6H. The second-order valence-electron chi connectivity index (χ2n) is 3.26.